The predicted octanol–water partition coefficient (Wildman–Crippen LogP) is 1.72. The first-order valence-electron chi connectivity index (χ1n) is 6.13. The minimum Gasteiger partial charge on any atom is -0.316 e. The minimum absolute atomic E-state index is 0.488. The topological polar surface area (TPSA) is 15.3 Å². The summed E-state index contributed by atoms with van der Waals surface area (Å²) in [4.78, 5) is 2.39. The lowest BCUT2D eigenvalue weighted by atomic mass is 9.82. The lowest BCUT2D eigenvalue weighted by Gasteiger charge is -2.33. The Labute approximate surface area is 94.4 Å². The van der Waals surface area contributed by atoms with Crippen molar-refractivity contribution in [3.8, 4) is 12.3 Å². The van der Waals surface area contributed by atoms with Gasteiger partial charge in [-0.05, 0) is 31.3 Å². The van der Waals surface area contributed by atoms with Crippen molar-refractivity contribution in [1.29, 1.82) is 0 Å². The van der Waals surface area contributed by atoms with Gasteiger partial charge in [0.2, 0.25) is 0 Å². The second kappa shape index (κ2) is 6.15. The highest BCUT2D eigenvalue weighted by Gasteiger charge is 2.33. The molecule has 1 saturated heterocycles. The predicted molar refractivity (Wildman–Crippen MR) is 65.8 cm³/mol. The van der Waals surface area contributed by atoms with Crippen LogP contribution < -0.4 is 5.32 Å². The van der Waals surface area contributed by atoms with Crippen LogP contribution in [-0.2, 0) is 0 Å². The molecule has 0 aliphatic carbocycles. The standard InChI is InChI=1S/C13H24N2/c1-4-7-13(8-9-14-11-13)12-15(6-3)10-5-2/h2,14H,4,6-12H2,1,3H3. The van der Waals surface area contributed by atoms with Gasteiger partial charge in [-0.1, -0.05) is 26.2 Å². The van der Waals surface area contributed by atoms with E-state index in [0.717, 1.165) is 19.6 Å². The molecule has 0 spiro atoms. The highest BCUT2D eigenvalue weighted by Crippen LogP contribution is 2.31. The van der Waals surface area contributed by atoms with E-state index in [1.165, 1.54) is 32.4 Å². The molecular weight excluding hydrogens is 184 g/mol. The van der Waals surface area contributed by atoms with E-state index >= 15 is 0 Å². The van der Waals surface area contributed by atoms with E-state index in [9.17, 15) is 0 Å². The number of hydrogen-bond acceptors (Lipinski definition) is 2. The van der Waals surface area contributed by atoms with Crippen LogP contribution in [0.4, 0.5) is 0 Å². The van der Waals surface area contributed by atoms with Gasteiger partial charge in [0.1, 0.15) is 0 Å². The summed E-state index contributed by atoms with van der Waals surface area (Å²) in [6.07, 6.45) is 9.29. The van der Waals surface area contributed by atoms with Gasteiger partial charge < -0.3 is 5.32 Å². The van der Waals surface area contributed by atoms with Crippen molar-refractivity contribution in [2.75, 3.05) is 32.7 Å². The Hall–Kier alpha value is -0.520. The zero-order valence-corrected chi connectivity index (χ0v) is 10.2. The van der Waals surface area contributed by atoms with Gasteiger partial charge >= 0.3 is 0 Å². The van der Waals surface area contributed by atoms with E-state index < -0.39 is 0 Å². The molecule has 0 bridgehead atoms. The molecular formula is C13H24N2. The average molecular weight is 208 g/mol. The molecule has 0 aromatic heterocycles. The van der Waals surface area contributed by atoms with E-state index in [-0.39, 0.29) is 0 Å². The number of nitrogens with one attached hydrogen (secondary N) is 1. The first-order chi connectivity index (χ1) is 7.26. The second-order valence-electron chi connectivity index (χ2n) is 4.68. The molecule has 0 radical (unpaired) electrons. The average Bonchev–Trinajstić information content (AvgIpc) is 2.67. The largest absolute Gasteiger partial charge is 0.316 e. The second-order valence-corrected chi connectivity index (χ2v) is 4.68. The summed E-state index contributed by atoms with van der Waals surface area (Å²) in [5, 5.41) is 3.49. The third-order valence-corrected chi connectivity index (χ3v) is 3.43. The van der Waals surface area contributed by atoms with E-state index in [4.69, 9.17) is 6.42 Å². The van der Waals surface area contributed by atoms with Crippen LogP contribution in [-0.4, -0.2) is 37.6 Å². The Balaban J connectivity index is 2.53. The van der Waals surface area contributed by atoms with Crippen molar-refractivity contribution in [2.24, 2.45) is 5.41 Å². The van der Waals surface area contributed by atoms with E-state index in [1.54, 1.807) is 0 Å². The van der Waals surface area contributed by atoms with Crippen molar-refractivity contribution < 1.29 is 0 Å². The summed E-state index contributed by atoms with van der Waals surface area (Å²) in [5.74, 6) is 2.76. The molecule has 15 heavy (non-hydrogen) atoms. The maximum Gasteiger partial charge on any atom is 0.0599 e. The van der Waals surface area contributed by atoms with Gasteiger partial charge in [0.25, 0.3) is 0 Å². The van der Waals surface area contributed by atoms with Crippen LogP contribution in [0.1, 0.15) is 33.1 Å². The fourth-order valence-electron chi connectivity index (χ4n) is 2.64. The Bertz CT molecular complexity index is 211. The van der Waals surface area contributed by atoms with E-state index in [0.29, 0.717) is 5.41 Å². The van der Waals surface area contributed by atoms with Crippen LogP contribution in [0.3, 0.4) is 0 Å². The van der Waals surface area contributed by atoms with Crippen molar-refractivity contribution in [3.63, 3.8) is 0 Å². The molecule has 2 heteroatoms. The van der Waals surface area contributed by atoms with Crippen molar-refractivity contribution in [1.82, 2.24) is 10.2 Å². The van der Waals surface area contributed by atoms with E-state index in [2.05, 4.69) is 30.0 Å². The monoisotopic (exact) mass is 208 g/mol. The summed E-state index contributed by atoms with van der Waals surface area (Å²) in [6.45, 7) is 9.83. The summed E-state index contributed by atoms with van der Waals surface area (Å²) in [5.41, 5.74) is 0.488. The summed E-state index contributed by atoms with van der Waals surface area (Å²) in [7, 11) is 0. The maximum absolute atomic E-state index is 5.39. The van der Waals surface area contributed by atoms with Gasteiger partial charge in [0, 0.05) is 13.1 Å². The smallest absolute Gasteiger partial charge is 0.0599 e. The Morgan fingerprint density at radius 1 is 1.47 bits per heavy atom. The molecule has 0 aromatic carbocycles. The molecule has 1 rings (SSSR count). The molecule has 1 atom stereocenters. The minimum atomic E-state index is 0.488. The lowest BCUT2D eigenvalue weighted by Crippen LogP contribution is -2.39. The summed E-state index contributed by atoms with van der Waals surface area (Å²) >= 11 is 0. The molecule has 86 valence electrons. The lowest BCUT2D eigenvalue weighted by molar-refractivity contribution is 0.171. The zero-order valence-electron chi connectivity index (χ0n) is 10.2. The molecule has 1 aliphatic heterocycles. The quantitative estimate of drug-likeness (QED) is 0.669. The van der Waals surface area contributed by atoms with E-state index in [1.807, 2.05) is 0 Å². The molecule has 1 N–H and O–H groups in total. The first kappa shape index (κ1) is 12.5. The van der Waals surface area contributed by atoms with Crippen LogP contribution in [0.15, 0.2) is 0 Å². The number of terminal acetylenes is 1. The number of rotatable bonds is 6. The molecule has 1 aliphatic rings. The van der Waals surface area contributed by atoms with Gasteiger partial charge in [-0.25, -0.2) is 0 Å². The fraction of sp³-hybridized carbons (Fsp3) is 0.846. The maximum atomic E-state index is 5.39. The van der Waals surface area contributed by atoms with Crippen LogP contribution in [0.2, 0.25) is 0 Å². The molecule has 0 saturated carbocycles. The SMILES string of the molecule is C#CCN(CC)CC1(CCC)CCNC1. The van der Waals surface area contributed by atoms with Crippen molar-refractivity contribution in [3.05, 3.63) is 0 Å². The van der Waals surface area contributed by atoms with Crippen LogP contribution >= 0.6 is 0 Å². The molecule has 2 nitrogen and oxygen atoms in total. The Morgan fingerprint density at radius 3 is 2.73 bits per heavy atom. The van der Waals surface area contributed by atoms with Crippen molar-refractivity contribution >= 4 is 0 Å². The van der Waals surface area contributed by atoms with Gasteiger partial charge in [-0.15, -0.1) is 6.42 Å². The molecule has 1 fully saturated rings. The fourth-order valence-corrected chi connectivity index (χ4v) is 2.64. The Morgan fingerprint density at radius 2 is 2.27 bits per heavy atom. The zero-order chi connectivity index (χ0) is 11.1. The molecule has 1 unspecified atom stereocenters. The molecule has 0 aromatic rings. The van der Waals surface area contributed by atoms with Gasteiger partial charge in [-0.2, -0.15) is 0 Å². The number of hydrogen-bond donors (Lipinski definition) is 1. The third-order valence-electron chi connectivity index (χ3n) is 3.43. The number of nitrogens with zero attached hydrogens (tertiary/aromatic N) is 1. The van der Waals surface area contributed by atoms with Crippen LogP contribution in [0, 0.1) is 17.8 Å². The molecule has 0 amide bonds. The third kappa shape index (κ3) is 3.52. The summed E-state index contributed by atoms with van der Waals surface area (Å²) in [6, 6.07) is 0. The van der Waals surface area contributed by atoms with Gasteiger partial charge in [-0.3, -0.25) is 4.90 Å². The normalized spacial score (nSPS) is 25.7. The van der Waals surface area contributed by atoms with Gasteiger partial charge in [0.15, 0.2) is 0 Å². The molecule has 1 heterocycles. The first-order valence-corrected chi connectivity index (χ1v) is 6.13. The highest BCUT2D eigenvalue weighted by molar-refractivity contribution is 4.94. The highest BCUT2D eigenvalue weighted by atomic mass is 15.1. The van der Waals surface area contributed by atoms with Gasteiger partial charge in [0.05, 0.1) is 6.54 Å². The van der Waals surface area contributed by atoms with Crippen LogP contribution in [0.25, 0.3) is 0 Å². The van der Waals surface area contributed by atoms with Crippen LogP contribution in [0.5, 0.6) is 0 Å². The van der Waals surface area contributed by atoms with Crippen molar-refractivity contribution in [2.45, 2.75) is 33.1 Å². The Kier molecular flexibility index (Phi) is 5.14. The summed E-state index contributed by atoms with van der Waals surface area (Å²) < 4.78 is 0.